The van der Waals surface area contributed by atoms with Crippen LogP contribution in [0.2, 0.25) is 0 Å². The second-order valence-corrected chi connectivity index (χ2v) is 6.47. The number of hydrogen-bond acceptors (Lipinski definition) is 6. The first-order valence-corrected chi connectivity index (χ1v) is 8.13. The van der Waals surface area contributed by atoms with Crippen LogP contribution < -0.4 is 0 Å². The van der Waals surface area contributed by atoms with Crippen molar-refractivity contribution in [1.82, 2.24) is 9.80 Å². The largest absolute Gasteiger partial charge is 0.481 e. The SMILES string of the molecule is O=C(O)CCC(=O)N1CCN(CC(O)CS(=O)(=O)O)CC1. The van der Waals surface area contributed by atoms with E-state index in [0.29, 0.717) is 26.2 Å². The van der Waals surface area contributed by atoms with Crippen LogP contribution >= 0.6 is 0 Å². The first kappa shape index (κ1) is 17.8. The second kappa shape index (κ2) is 7.69. The number of rotatable bonds is 7. The van der Waals surface area contributed by atoms with Crippen LogP contribution in [0, 0.1) is 0 Å². The summed E-state index contributed by atoms with van der Waals surface area (Å²) in [4.78, 5) is 25.4. The van der Waals surface area contributed by atoms with Crippen molar-refractivity contribution in [2.24, 2.45) is 0 Å². The normalized spacial score (nSPS) is 18.5. The van der Waals surface area contributed by atoms with Gasteiger partial charge in [0.15, 0.2) is 0 Å². The van der Waals surface area contributed by atoms with Gasteiger partial charge in [-0.1, -0.05) is 0 Å². The van der Waals surface area contributed by atoms with Crippen molar-refractivity contribution in [2.75, 3.05) is 38.5 Å². The summed E-state index contributed by atoms with van der Waals surface area (Å²) in [6.45, 7) is 1.81. The molecule has 0 saturated carbocycles. The molecule has 0 aliphatic carbocycles. The molecule has 1 rings (SSSR count). The molecule has 122 valence electrons. The molecule has 1 saturated heterocycles. The predicted molar refractivity (Wildman–Crippen MR) is 72.3 cm³/mol. The Labute approximate surface area is 122 Å². The van der Waals surface area contributed by atoms with E-state index in [1.807, 2.05) is 0 Å². The van der Waals surface area contributed by atoms with Gasteiger partial charge in [-0.15, -0.1) is 0 Å². The lowest BCUT2D eigenvalue weighted by molar-refractivity contribution is -0.141. The van der Waals surface area contributed by atoms with Crippen molar-refractivity contribution in [2.45, 2.75) is 18.9 Å². The summed E-state index contributed by atoms with van der Waals surface area (Å²) in [5, 5.41) is 18.0. The monoisotopic (exact) mass is 324 g/mol. The third-order valence-electron chi connectivity index (χ3n) is 3.15. The molecule has 10 heteroatoms. The Morgan fingerprint density at radius 3 is 2.14 bits per heavy atom. The molecule has 1 amide bonds. The number of carbonyl (C=O) groups excluding carboxylic acids is 1. The van der Waals surface area contributed by atoms with Crippen molar-refractivity contribution in [3.63, 3.8) is 0 Å². The first-order chi connectivity index (χ1) is 9.67. The number of carbonyl (C=O) groups is 2. The standard InChI is InChI=1S/C11H20N2O7S/c14-9(8-21(18,19)20)7-12-3-5-13(6-4-12)10(15)1-2-11(16)17/h9,14H,1-8H2,(H,16,17)(H,18,19,20). The number of carboxylic acid groups (broad SMARTS) is 1. The van der Waals surface area contributed by atoms with E-state index in [1.165, 1.54) is 0 Å². The summed E-state index contributed by atoms with van der Waals surface area (Å²) in [5.41, 5.74) is 0. The van der Waals surface area contributed by atoms with Gasteiger partial charge in [-0.2, -0.15) is 8.42 Å². The minimum absolute atomic E-state index is 0.0410. The van der Waals surface area contributed by atoms with E-state index in [1.54, 1.807) is 9.80 Å². The maximum atomic E-state index is 11.7. The quantitative estimate of drug-likeness (QED) is 0.469. The number of aliphatic hydroxyl groups excluding tert-OH is 1. The Morgan fingerprint density at radius 2 is 1.67 bits per heavy atom. The molecule has 1 unspecified atom stereocenters. The van der Waals surface area contributed by atoms with Gasteiger partial charge >= 0.3 is 5.97 Å². The molecule has 0 radical (unpaired) electrons. The fraction of sp³-hybridized carbons (Fsp3) is 0.818. The highest BCUT2D eigenvalue weighted by molar-refractivity contribution is 7.85. The van der Waals surface area contributed by atoms with Gasteiger partial charge in [0, 0.05) is 39.1 Å². The third-order valence-corrected chi connectivity index (χ3v) is 3.96. The molecule has 0 bridgehead atoms. The molecule has 9 nitrogen and oxygen atoms in total. The second-order valence-electron chi connectivity index (χ2n) is 4.98. The fourth-order valence-corrected chi connectivity index (χ4v) is 2.74. The van der Waals surface area contributed by atoms with Gasteiger partial charge in [0.2, 0.25) is 5.91 Å². The molecule has 1 heterocycles. The molecule has 1 atom stereocenters. The Balaban J connectivity index is 2.32. The number of piperazine rings is 1. The molecular weight excluding hydrogens is 304 g/mol. The molecule has 21 heavy (non-hydrogen) atoms. The van der Waals surface area contributed by atoms with Crippen LogP contribution in [0.5, 0.6) is 0 Å². The molecule has 1 aliphatic heterocycles. The van der Waals surface area contributed by atoms with E-state index < -0.39 is 27.9 Å². The summed E-state index contributed by atoms with van der Waals surface area (Å²) in [5.74, 6) is -1.96. The highest BCUT2D eigenvalue weighted by atomic mass is 32.2. The number of nitrogens with zero attached hydrogens (tertiary/aromatic N) is 2. The summed E-state index contributed by atoms with van der Waals surface area (Å²) < 4.78 is 29.9. The van der Waals surface area contributed by atoms with Gasteiger partial charge in [-0.3, -0.25) is 19.0 Å². The molecule has 1 fully saturated rings. The number of hydrogen-bond donors (Lipinski definition) is 3. The van der Waals surface area contributed by atoms with Crippen LogP contribution in [0.15, 0.2) is 0 Å². The van der Waals surface area contributed by atoms with Crippen LogP contribution in [0.1, 0.15) is 12.8 Å². The predicted octanol–water partition coefficient (Wildman–Crippen LogP) is -1.76. The molecule has 3 N–H and O–H groups in total. The zero-order valence-electron chi connectivity index (χ0n) is 11.5. The Kier molecular flexibility index (Phi) is 6.52. The Bertz CT molecular complexity index is 471. The van der Waals surface area contributed by atoms with Crippen LogP contribution in [0.25, 0.3) is 0 Å². The maximum Gasteiger partial charge on any atom is 0.303 e. The maximum absolute atomic E-state index is 11.7. The Hall–Kier alpha value is -1.23. The lowest BCUT2D eigenvalue weighted by Gasteiger charge is -2.35. The van der Waals surface area contributed by atoms with E-state index in [4.69, 9.17) is 9.66 Å². The van der Waals surface area contributed by atoms with E-state index in [-0.39, 0.29) is 25.3 Å². The molecule has 0 spiro atoms. The van der Waals surface area contributed by atoms with Gasteiger partial charge < -0.3 is 15.1 Å². The third kappa shape index (κ3) is 7.37. The highest BCUT2D eigenvalue weighted by Gasteiger charge is 2.24. The zero-order chi connectivity index (χ0) is 16.0. The van der Waals surface area contributed by atoms with E-state index in [0.717, 1.165) is 0 Å². The number of amides is 1. The number of aliphatic carboxylic acids is 1. The molecule has 0 aromatic rings. The summed E-state index contributed by atoms with van der Waals surface area (Å²) >= 11 is 0. The minimum Gasteiger partial charge on any atom is -0.481 e. The van der Waals surface area contributed by atoms with Crippen molar-refractivity contribution >= 4 is 22.0 Å². The minimum atomic E-state index is -4.21. The van der Waals surface area contributed by atoms with Crippen molar-refractivity contribution < 1.29 is 32.8 Å². The van der Waals surface area contributed by atoms with Crippen molar-refractivity contribution in [1.29, 1.82) is 0 Å². The first-order valence-electron chi connectivity index (χ1n) is 6.52. The van der Waals surface area contributed by atoms with Crippen molar-refractivity contribution in [3.05, 3.63) is 0 Å². The van der Waals surface area contributed by atoms with Crippen LogP contribution in [0.3, 0.4) is 0 Å². The zero-order valence-corrected chi connectivity index (χ0v) is 12.3. The van der Waals surface area contributed by atoms with E-state index >= 15 is 0 Å². The van der Waals surface area contributed by atoms with Crippen molar-refractivity contribution in [3.8, 4) is 0 Å². The average molecular weight is 324 g/mol. The van der Waals surface area contributed by atoms with Gasteiger partial charge in [-0.05, 0) is 0 Å². The van der Waals surface area contributed by atoms with Gasteiger partial charge in [0.05, 0.1) is 12.5 Å². The van der Waals surface area contributed by atoms with Crippen LogP contribution in [0.4, 0.5) is 0 Å². The molecule has 0 aromatic carbocycles. The summed E-state index contributed by atoms with van der Waals surface area (Å²) in [6, 6.07) is 0. The van der Waals surface area contributed by atoms with Gasteiger partial charge in [0.1, 0.15) is 5.75 Å². The lowest BCUT2D eigenvalue weighted by atomic mass is 10.2. The average Bonchev–Trinajstić information content (AvgIpc) is 2.34. The highest BCUT2D eigenvalue weighted by Crippen LogP contribution is 2.06. The fourth-order valence-electron chi connectivity index (χ4n) is 2.15. The van der Waals surface area contributed by atoms with Crippen LogP contribution in [-0.4, -0.2) is 89.4 Å². The smallest absolute Gasteiger partial charge is 0.303 e. The van der Waals surface area contributed by atoms with Gasteiger partial charge in [0.25, 0.3) is 10.1 Å². The molecular formula is C11H20N2O7S. The number of aliphatic hydroxyl groups is 1. The van der Waals surface area contributed by atoms with Gasteiger partial charge in [-0.25, -0.2) is 0 Å². The summed E-state index contributed by atoms with van der Waals surface area (Å²) in [7, 11) is -4.21. The van der Waals surface area contributed by atoms with Crippen LogP contribution in [-0.2, 0) is 19.7 Å². The number of β-amino-alcohol motifs (C(OH)–C–C–N with tert-alkyl or cyclic N) is 1. The van der Waals surface area contributed by atoms with E-state index in [2.05, 4.69) is 0 Å². The lowest BCUT2D eigenvalue weighted by Crippen LogP contribution is -2.51. The summed E-state index contributed by atoms with van der Waals surface area (Å²) in [6.07, 6.45) is -1.43. The number of carboxylic acids is 1. The van der Waals surface area contributed by atoms with E-state index in [9.17, 15) is 23.1 Å². The molecule has 1 aliphatic rings. The Morgan fingerprint density at radius 1 is 1.10 bits per heavy atom. The molecule has 0 aromatic heterocycles. The topological polar surface area (TPSA) is 135 Å².